The van der Waals surface area contributed by atoms with Gasteiger partial charge in [0.05, 0.1) is 17.9 Å². The summed E-state index contributed by atoms with van der Waals surface area (Å²) >= 11 is 1.67. The van der Waals surface area contributed by atoms with E-state index >= 15 is 0 Å². The molecule has 6 nitrogen and oxygen atoms in total. The smallest absolute Gasteiger partial charge is 0.214 e. The van der Waals surface area contributed by atoms with Gasteiger partial charge in [-0.15, -0.1) is 5.10 Å². The van der Waals surface area contributed by atoms with Crippen molar-refractivity contribution in [3.05, 3.63) is 42.5 Å². The first-order valence-electron chi connectivity index (χ1n) is 11.9. The van der Waals surface area contributed by atoms with Gasteiger partial charge in [0.2, 0.25) is 5.16 Å². The van der Waals surface area contributed by atoms with E-state index in [0.29, 0.717) is 5.92 Å². The topological polar surface area (TPSA) is 62.1 Å². The Hall–Kier alpha value is -1.48. The van der Waals surface area contributed by atoms with E-state index in [9.17, 15) is 0 Å². The van der Waals surface area contributed by atoms with E-state index in [1.165, 1.54) is 0 Å². The largest absolute Gasteiger partial charge is 0.410 e. The number of rotatable bonds is 12. The number of ether oxygens (including phenoxy) is 1. The minimum Gasteiger partial charge on any atom is -0.410 e. The molecule has 1 heterocycles. The lowest BCUT2D eigenvalue weighted by molar-refractivity contribution is 0.0707. The molecule has 0 aliphatic carbocycles. The number of thioether (sulfide) groups is 1. The lowest BCUT2D eigenvalue weighted by atomic mass is 9.99. The van der Waals surface area contributed by atoms with Crippen molar-refractivity contribution in [1.82, 2.24) is 20.2 Å². The van der Waals surface area contributed by atoms with E-state index in [1.54, 1.807) is 23.6 Å². The third kappa shape index (κ3) is 7.77. The van der Waals surface area contributed by atoms with Crippen molar-refractivity contribution in [2.75, 3.05) is 12.9 Å². The maximum absolute atomic E-state index is 6.89. The Morgan fingerprint density at radius 3 is 2.36 bits per heavy atom. The number of methoxy groups -OCH3 is 1. The molecule has 0 aliphatic heterocycles. The minimum absolute atomic E-state index is 0.0243. The number of benzene rings is 1. The third-order valence-corrected chi connectivity index (χ3v) is 12.3. The zero-order valence-electron chi connectivity index (χ0n) is 21.8. The van der Waals surface area contributed by atoms with Crippen molar-refractivity contribution in [2.45, 2.75) is 83.5 Å². The number of aromatic nitrogens is 4. The number of para-hydroxylation sites is 1. The number of hydrogen-bond donors (Lipinski definition) is 0. The predicted octanol–water partition coefficient (Wildman–Crippen LogP) is 6.40. The van der Waals surface area contributed by atoms with Crippen LogP contribution in [-0.2, 0) is 9.16 Å². The van der Waals surface area contributed by atoms with Crippen LogP contribution >= 0.6 is 11.8 Å². The summed E-state index contributed by atoms with van der Waals surface area (Å²) in [6, 6.07) is 10.00. The Balaban J connectivity index is 2.18. The average molecular weight is 491 g/mol. The zero-order valence-corrected chi connectivity index (χ0v) is 23.6. The number of tetrazole rings is 1. The molecule has 8 heteroatoms. The first-order chi connectivity index (χ1) is 15.5. The molecule has 2 rings (SSSR count). The summed E-state index contributed by atoms with van der Waals surface area (Å²) in [7, 11) is -0.153. The SMILES string of the molecule is CCC(OC)C(C)/C=C/C(O[Si](C)(C)C(C)(C)C)C(C)CSc1nnnn1-c1ccccc1. The van der Waals surface area contributed by atoms with Crippen molar-refractivity contribution < 1.29 is 9.16 Å². The van der Waals surface area contributed by atoms with Gasteiger partial charge in [-0.05, 0) is 53.0 Å². The van der Waals surface area contributed by atoms with E-state index in [0.717, 1.165) is 23.0 Å². The normalized spacial score (nSPS) is 16.6. The van der Waals surface area contributed by atoms with E-state index in [-0.39, 0.29) is 23.2 Å². The molecule has 0 bridgehead atoms. The van der Waals surface area contributed by atoms with E-state index in [2.05, 4.69) is 82.3 Å². The van der Waals surface area contributed by atoms with E-state index in [4.69, 9.17) is 9.16 Å². The van der Waals surface area contributed by atoms with Crippen molar-refractivity contribution >= 4 is 20.1 Å². The Labute approximate surface area is 205 Å². The monoisotopic (exact) mass is 490 g/mol. The Morgan fingerprint density at radius 1 is 1.12 bits per heavy atom. The summed E-state index contributed by atoms with van der Waals surface area (Å²) in [5.74, 6) is 1.47. The van der Waals surface area contributed by atoms with Crippen molar-refractivity contribution in [3.8, 4) is 5.69 Å². The summed E-state index contributed by atoms with van der Waals surface area (Å²) in [5, 5.41) is 13.3. The van der Waals surface area contributed by atoms with Gasteiger partial charge in [-0.3, -0.25) is 0 Å². The van der Waals surface area contributed by atoms with Crippen molar-refractivity contribution in [3.63, 3.8) is 0 Å². The molecule has 0 aliphatic rings. The number of nitrogens with zero attached hydrogens (tertiary/aromatic N) is 4. The molecule has 4 unspecified atom stereocenters. The maximum Gasteiger partial charge on any atom is 0.214 e. The predicted molar refractivity (Wildman–Crippen MR) is 141 cm³/mol. The molecule has 4 atom stereocenters. The van der Waals surface area contributed by atoms with Crippen LogP contribution in [0.3, 0.4) is 0 Å². The van der Waals surface area contributed by atoms with Crippen LogP contribution in [0.25, 0.3) is 5.69 Å². The summed E-state index contributed by atoms with van der Waals surface area (Å²) in [4.78, 5) is 0. The van der Waals surface area contributed by atoms with Crippen LogP contribution in [-0.4, -0.2) is 53.6 Å². The molecule has 184 valence electrons. The molecule has 0 fully saturated rings. The zero-order chi connectivity index (χ0) is 24.6. The molecule has 0 radical (unpaired) electrons. The summed E-state index contributed by atoms with van der Waals surface area (Å²) < 4.78 is 14.3. The van der Waals surface area contributed by atoms with Crippen molar-refractivity contribution in [2.24, 2.45) is 11.8 Å². The van der Waals surface area contributed by atoms with Crippen LogP contribution in [0.15, 0.2) is 47.6 Å². The molecule has 0 saturated heterocycles. The van der Waals surface area contributed by atoms with Gasteiger partial charge in [-0.25, -0.2) is 0 Å². The molecule has 0 spiro atoms. The maximum atomic E-state index is 6.89. The van der Waals surface area contributed by atoms with E-state index in [1.807, 2.05) is 30.3 Å². The summed E-state index contributed by atoms with van der Waals surface area (Å²) in [6.45, 7) is 18.1. The number of hydrogen-bond acceptors (Lipinski definition) is 6. The van der Waals surface area contributed by atoms with Crippen LogP contribution in [0.1, 0.15) is 48.0 Å². The van der Waals surface area contributed by atoms with Gasteiger partial charge in [0.15, 0.2) is 8.32 Å². The average Bonchev–Trinajstić information content (AvgIpc) is 3.24. The molecule has 0 saturated carbocycles. The van der Waals surface area contributed by atoms with Crippen LogP contribution in [0.2, 0.25) is 18.1 Å². The van der Waals surface area contributed by atoms with Crippen molar-refractivity contribution in [1.29, 1.82) is 0 Å². The molecule has 1 aromatic carbocycles. The molecule has 0 amide bonds. The first-order valence-corrected chi connectivity index (χ1v) is 15.7. The second-order valence-electron chi connectivity index (χ2n) is 10.3. The van der Waals surface area contributed by atoms with Gasteiger partial charge in [0, 0.05) is 18.8 Å². The Kier molecular flexibility index (Phi) is 10.3. The highest BCUT2D eigenvalue weighted by atomic mass is 32.2. The summed E-state index contributed by atoms with van der Waals surface area (Å²) in [6.07, 6.45) is 5.76. The second kappa shape index (κ2) is 12.3. The fourth-order valence-corrected chi connectivity index (χ4v) is 5.63. The highest BCUT2D eigenvalue weighted by molar-refractivity contribution is 7.99. The van der Waals surface area contributed by atoms with Crippen LogP contribution in [0.4, 0.5) is 0 Å². The quantitative estimate of drug-likeness (QED) is 0.195. The second-order valence-corrected chi connectivity index (χ2v) is 16.0. The van der Waals surface area contributed by atoms with Gasteiger partial charge in [-0.1, -0.05) is 83.7 Å². The summed E-state index contributed by atoms with van der Waals surface area (Å²) in [5.41, 5.74) is 0.964. The van der Waals surface area contributed by atoms with Crippen LogP contribution in [0, 0.1) is 11.8 Å². The third-order valence-electron chi connectivity index (χ3n) is 6.61. The fourth-order valence-electron chi connectivity index (χ4n) is 3.32. The lowest BCUT2D eigenvalue weighted by Crippen LogP contribution is -2.45. The first kappa shape index (κ1) is 27.8. The molecular weight excluding hydrogens is 448 g/mol. The lowest BCUT2D eigenvalue weighted by Gasteiger charge is -2.40. The minimum atomic E-state index is -1.94. The standard InChI is InChI=1S/C25H42N4O2SSi/c1-10-22(30-7)19(2)16-17-23(31-33(8,9)25(4,5)6)20(3)18-32-24-26-27-28-29(24)21-14-12-11-13-15-21/h11-17,19-20,22-23H,10,18H2,1-9H3/b17-16+. The molecule has 1 aromatic heterocycles. The fraction of sp³-hybridized carbons (Fsp3) is 0.640. The Morgan fingerprint density at radius 2 is 1.79 bits per heavy atom. The highest BCUT2D eigenvalue weighted by Gasteiger charge is 2.39. The van der Waals surface area contributed by atoms with Crippen LogP contribution in [0.5, 0.6) is 0 Å². The Bertz CT molecular complexity index is 863. The van der Waals surface area contributed by atoms with Gasteiger partial charge in [0.25, 0.3) is 0 Å². The van der Waals surface area contributed by atoms with Gasteiger partial charge < -0.3 is 9.16 Å². The van der Waals surface area contributed by atoms with E-state index < -0.39 is 8.32 Å². The molecule has 2 aromatic rings. The van der Waals surface area contributed by atoms with Gasteiger partial charge in [-0.2, -0.15) is 4.68 Å². The molecule has 0 N–H and O–H groups in total. The van der Waals surface area contributed by atoms with Gasteiger partial charge >= 0.3 is 0 Å². The van der Waals surface area contributed by atoms with Gasteiger partial charge in [0.1, 0.15) is 0 Å². The van der Waals surface area contributed by atoms with Crippen LogP contribution < -0.4 is 0 Å². The molecular formula is C25H42N4O2SSi. The highest BCUT2D eigenvalue weighted by Crippen LogP contribution is 2.39. The molecule has 33 heavy (non-hydrogen) atoms.